The molecule has 0 aliphatic carbocycles. The van der Waals surface area contributed by atoms with Gasteiger partial charge in [0, 0.05) is 13.2 Å². The lowest BCUT2D eigenvalue weighted by atomic mass is 10.2. The van der Waals surface area contributed by atoms with Crippen molar-refractivity contribution in [2.75, 3.05) is 5.32 Å². The van der Waals surface area contributed by atoms with Gasteiger partial charge in [0.1, 0.15) is 5.56 Å². The Bertz CT molecular complexity index is 675. The number of nitrogens with one attached hydrogen (secondary N) is 1. The number of hydrogen-bond donors (Lipinski definition) is 1. The number of amides is 1. The molecular weight excluding hydrogens is 287 g/mol. The molecule has 0 radical (unpaired) electrons. The fourth-order valence-corrected chi connectivity index (χ4v) is 2.06. The number of carbonyl (C=O) groups is 1. The van der Waals surface area contributed by atoms with Gasteiger partial charge in [-0.05, 0) is 24.3 Å². The van der Waals surface area contributed by atoms with Crippen LogP contribution in [-0.2, 0) is 7.05 Å². The number of benzene rings is 1. The zero-order chi connectivity index (χ0) is 14.0. The van der Waals surface area contributed by atoms with Crippen molar-refractivity contribution in [3.63, 3.8) is 0 Å². The lowest BCUT2D eigenvalue weighted by Gasteiger charge is -2.09. The van der Waals surface area contributed by atoms with Crippen LogP contribution in [0.15, 0.2) is 41.3 Å². The predicted octanol–water partition coefficient (Wildman–Crippen LogP) is 2.94. The molecule has 0 bridgehead atoms. The average molecular weight is 297 g/mol. The zero-order valence-corrected chi connectivity index (χ0v) is 11.5. The van der Waals surface area contributed by atoms with Crippen LogP contribution in [-0.4, -0.2) is 10.5 Å². The number of rotatable bonds is 2. The number of halogens is 2. The first-order valence-corrected chi connectivity index (χ1v) is 6.17. The van der Waals surface area contributed by atoms with Crippen LogP contribution in [0.3, 0.4) is 0 Å². The molecule has 4 nitrogen and oxygen atoms in total. The normalized spacial score (nSPS) is 10.3. The number of para-hydroxylation sites is 1. The standard InChI is InChI=1S/C13H10Cl2N2O2/c1-17-7-3-4-8(13(17)19)12(18)16-11-9(14)5-2-6-10(11)15/h2-7H,1H3,(H,16,18). The van der Waals surface area contributed by atoms with Gasteiger partial charge in [0.2, 0.25) is 0 Å². The fourth-order valence-electron chi connectivity index (χ4n) is 1.57. The van der Waals surface area contributed by atoms with E-state index < -0.39 is 5.91 Å². The summed E-state index contributed by atoms with van der Waals surface area (Å²) in [6.45, 7) is 0. The summed E-state index contributed by atoms with van der Waals surface area (Å²) in [5.74, 6) is -0.545. The quantitative estimate of drug-likeness (QED) is 0.926. The van der Waals surface area contributed by atoms with Crippen LogP contribution in [0.1, 0.15) is 10.4 Å². The van der Waals surface area contributed by atoms with Gasteiger partial charge in [-0.3, -0.25) is 9.59 Å². The maximum absolute atomic E-state index is 12.0. The molecule has 0 aliphatic heterocycles. The van der Waals surface area contributed by atoms with Crippen molar-refractivity contribution in [2.45, 2.75) is 0 Å². The Morgan fingerprint density at radius 1 is 1.16 bits per heavy atom. The van der Waals surface area contributed by atoms with Gasteiger partial charge in [0.15, 0.2) is 0 Å². The summed E-state index contributed by atoms with van der Waals surface area (Å²) < 4.78 is 1.32. The van der Waals surface area contributed by atoms with Gasteiger partial charge in [-0.2, -0.15) is 0 Å². The summed E-state index contributed by atoms with van der Waals surface area (Å²) in [5.41, 5.74) is -0.0640. The average Bonchev–Trinajstić information content (AvgIpc) is 2.37. The van der Waals surface area contributed by atoms with Crippen molar-refractivity contribution in [1.29, 1.82) is 0 Å². The van der Waals surface area contributed by atoms with E-state index in [-0.39, 0.29) is 11.1 Å². The Morgan fingerprint density at radius 2 is 1.79 bits per heavy atom. The highest BCUT2D eigenvalue weighted by Crippen LogP contribution is 2.29. The second-order valence-corrected chi connectivity index (χ2v) is 4.70. The van der Waals surface area contributed by atoms with E-state index in [0.717, 1.165) is 0 Å². The smallest absolute Gasteiger partial charge is 0.263 e. The van der Waals surface area contributed by atoms with Gasteiger partial charge in [-0.1, -0.05) is 29.3 Å². The minimum Gasteiger partial charge on any atom is -0.319 e. The van der Waals surface area contributed by atoms with E-state index in [9.17, 15) is 9.59 Å². The summed E-state index contributed by atoms with van der Waals surface area (Å²) in [4.78, 5) is 23.9. The second kappa shape index (κ2) is 5.47. The summed E-state index contributed by atoms with van der Waals surface area (Å²) in [7, 11) is 1.57. The van der Waals surface area contributed by atoms with Crippen molar-refractivity contribution in [3.8, 4) is 0 Å². The number of pyridine rings is 1. The van der Waals surface area contributed by atoms with Gasteiger partial charge in [0.25, 0.3) is 11.5 Å². The molecule has 6 heteroatoms. The van der Waals surface area contributed by atoms with E-state index in [2.05, 4.69) is 5.32 Å². The molecule has 2 aromatic rings. The topological polar surface area (TPSA) is 51.1 Å². The molecule has 0 fully saturated rings. The molecular formula is C13H10Cl2N2O2. The maximum atomic E-state index is 12.0. The molecule has 0 saturated heterocycles. The Balaban J connectivity index is 2.37. The summed E-state index contributed by atoms with van der Waals surface area (Å²) in [5, 5.41) is 3.17. The van der Waals surface area contributed by atoms with Crippen LogP contribution in [0, 0.1) is 0 Å². The van der Waals surface area contributed by atoms with Gasteiger partial charge < -0.3 is 9.88 Å². The number of nitrogens with zero attached hydrogens (tertiary/aromatic N) is 1. The summed E-state index contributed by atoms with van der Waals surface area (Å²) >= 11 is 11.9. The number of hydrogen-bond acceptors (Lipinski definition) is 2. The highest BCUT2D eigenvalue weighted by Gasteiger charge is 2.14. The van der Waals surface area contributed by atoms with Gasteiger partial charge in [-0.15, -0.1) is 0 Å². The van der Waals surface area contributed by atoms with Gasteiger partial charge >= 0.3 is 0 Å². The largest absolute Gasteiger partial charge is 0.319 e. The van der Waals surface area contributed by atoms with Crippen LogP contribution >= 0.6 is 23.2 Å². The lowest BCUT2D eigenvalue weighted by Crippen LogP contribution is -2.27. The molecule has 0 aliphatic rings. The first-order chi connectivity index (χ1) is 9.00. The summed E-state index contributed by atoms with van der Waals surface area (Å²) in [6, 6.07) is 7.94. The molecule has 0 atom stereocenters. The molecule has 1 amide bonds. The fraction of sp³-hybridized carbons (Fsp3) is 0.0769. The molecule has 19 heavy (non-hydrogen) atoms. The minimum absolute atomic E-state index is 0.0287. The van der Waals surface area contributed by atoms with E-state index in [1.54, 1.807) is 37.5 Å². The third kappa shape index (κ3) is 2.80. The monoisotopic (exact) mass is 296 g/mol. The van der Waals surface area contributed by atoms with Crippen LogP contribution in [0.2, 0.25) is 10.0 Å². The number of anilines is 1. The molecule has 98 valence electrons. The van der Waals surface area contributed by atoms with E-state index in [1.807, 2.05) is 0 Å². The first-order valence-electron chi connectivity index (χ1n) is 5.41. The van der Waals surface area contributed by atoms with Crippen LogP contribution < -0.4 is 10.9 Å². The number of aromatic nitrogens is 1. The molecule has 1 heterocycles. The number of aryl methyl sites for hydroxylation is 1. The SMILES string of the molecule is Cn1cccc(C(=O)Nc2c(Cl)cccc2Cl)c1=O. The van der Waals surface area contributed by atoms with Crippen molar-refractivity contribution in [3.05, 3.63) is 62.5 Å². The van der Waals surface area contributed by atoms with Gasteiger partial charge in [-0.25, -0.2) is 0 Å². The Morgan fingerprint density at radius 3 is 2.42 bits per heavy atom. The first kappa shape index (κ1) is 13.6. The van der Waals surface area contributed by atoms with Crippen molar-refractivity contribution in [2.24, 2.45) is 7.05 Å². The van der Waals surface area contributed by atoms with E-state index in [0.29, 0.717) is 15.7 Å². The third-order valence-corrected chi connectivity index (χ3v) is 3.20. The van der Waals surface area contributed by atoms with Crippen LogP contribution in [0.4, 0.5) is 5.69 Å². The van der Waals surface area contributed by atoms with E-state index in [1.165, 1.54) is 10.6 Å². The van der Waals surface area contributed by atoms with Crippen LogP contribution in [0.25, 0.3) is 0 Å². The predicted molar refractivity (Wildman–Crippen MR) is 76.1 cm³/mol. The second-order valence-electron chi connectivity index (χ2n) is 3.89. The molecule has 0 unspecified atom stereocenters. The Kier molecular flexibility index (Phi) is 3.93. The highest BCUT2D eigenvalue weighted by atomic mass is 35.5. The van der Waals surface area contributed by atoms with Crippen molar-refractivity contribution in [1.82, 2.24) is 4.57 Å². The Labute approximate surface area is 119 Å². The molecule has 2 rings (SSSR count). The third-order valence-electron chi connectivity index (χ3n) is 2.57. The minimum atomic E-state index is -0.545. The molecule has 1 aromatic heterocycles. The van der Waals surface area contributed by atoms with E-state index >= 15 is 0 Å². The lowest BCUT2D eigenvalue weighted by molar-refractivity contribution is 0.102. The molecule has 1 aromatic carbocycles. The molecule has 0 spiro atoms. The molecule has 1 N–H and O–H groups in total. The Hall–Kier alpha value is -1.78. The van der Waals surface area contributed by atoms with Gasteiger partial charge in [0.05, 0.1) is 15.7 Å². The van der Waals surface area contributed by atoms with Crippen molar-refractivity contribution < 1.29 is 4.79 Å². The van der Waals surface area contributed by atoms with E-state index in [4.69, 9.17) is 23.2 Å². The van der Waals surface area contributed by atoms with Crippen molar-refractivity contribution >= 4 is 34.8 Å². The molecule has 0 saturated carbocycles. The summed E-state index contributed by atoms with van der Waals surface area (Å²) in [6.07, 6.45) is 1.57. The number of carbonyl (C=O) groups excluding carboxylic acids is 1. The van der Waals surface area contributed by atoms with Crippen LogP contribution in [0.5, 0.6) is 0 Å². The maximum Gasteiger partial charge on any atom is 0.263 e. The highest BCUT2D eigenvalue weighted by molar-refractivity contribution is 6.40. The zero-order valence-electron chi connectivity index (χ0n) is 9.98.